The lowest BCUT2D eigenvalue weighted by Crippen LogP contribution is -2.23. The van der Waals surface area contributed by atoms with Crippen LogP contribution in [0.5, 0.6) is 5.75 Å². The highest BCUT2D eigenvalue weighted by Gasteiger charge is 2.21. The number of ether oxygens (including phenoxy) is 1. The Morgan fingerprint density at radius 1 is 1.17 bits per heavy atom. The minimum absolute atomic E-state index is 0.102. The number of anilines is 2. The molecular weight excluding hydrogens is 410 g/mol. The number of aromatic nitrogens is 1. The van der Waals surface area contributed by atoms with Crippen molar-refractivity contribution in [3.63, 3.8) is 0 Å². The van der Waals surface area contributed by atoms with Gasteiger partial charge in [0, 0.05) is 18.4 Å². The van der Waals surface area contributed by atoms with E-state index in [-0.39, 0.29) is 16.6 Å². The molecule has 0 aliphatic rings. The normalized spacial score (nSPS) is 11.0. The highest BCUT2D eigenvalue weighted by atomic mass is 32.1. The number of amides is 1. The van der Waals surface area contributed by atoms with Crippen molar-refractivity contribution < 1.29 is 23.1 Å². The van der Waals surface area contributed by atoms with E-state index in [4.69, 9.17) is 4.74 Å². The highest BCUT2D eigenvalue weighted by molar-refractivity contribution is 7.14. The molecule has 0 fully saturated rings. The Morgan fingerprint density at radius 3 is 2.60 bits per heavy atom. The minimum atomic E-state index is -0.876. The molecule has 0 atom stereocenters. The van der Waals surface area contributed by atoms with Gasteiger partial charge in [-0.05, 0) is 43.3 Å². The Kier molecular flexibility index (Phi) is 6.37. The van der Waals surface area contributed by atoms with Gasteiger partial charge in [-0.1, -0.05) is 11.6 Å². The summed E-state index contributed by atoms with van der Waals surface area (Å²) in [5, 5.41) is 1.83. The van der Waals surface area contributed by atoms with Gasteiger partial charge in [-0.2, -0.15) is 0 Å². The molecule has 0 bridgehead atoms. The molecule has 2 aromatic carbocycles. The smallest absolute Gasteiger partial charge is 0.230 e. The van der Waals surface area contributed by atoms with Crippen molar-refractivity contribution in [1.29, 1.82) is 0 Å². The van der Waals surface area contributed by atoms with Crippen LogP contribution in [0, 0.1) is 18.6 Å². The van der Waals surface area contributed by atoms with Crippen LogP contribution in [0.25, 0.3) is 6.08 Å². The number of hydrogen-bond acceptors (Lipinski definition) is 5. The average Bonchev–Trinajstić information content (AvgIpc) is 3.16. The quantitative estimate of drug-likeness (QED) is 0.394. The van der Waals surface area contributed by atoms with Gasteiger partial charge < -0.3 is 4.74 Å². The first-order valence-electron chi connectivity index (χ1n) is 8.88. The first-order chi connectivity index (χ1) is 14.3. The van der Waals surface area contributed by atoms with Crippen LogP contribution in [-0.2, 0) is 4.79 Å². The third-order valence-electron chi connectivity index (χ3n) is 4.19. The number of methoxy groups -OCH3 is 1. The number of benzene rings is 2. The fourth-order valence-electron chi connectivity index (χ4n) is 2.79. The van der Waals surface area contributed by atoms with Crippen molar-refractivity contribution in [2.75, 3.05) is 12.0 Å². The molecule has 154 valence electrons. The van der Waals surface area contributed by atoms with E-state index < -0.39 is 17.5 Å². The van der Waals surface area contributed by atoms with Crippen LogP contribution < -0.4 is 9.64 Å². The number of hydrogen-bond donors (Lipinski definition) is 0. The van der Waals surface area contributed by atoms with E-state index in [0.717, 1.165) is 27.9 Å². The fraction of sp³-hybridized carbons (Fsp3) is 0.136. The molecular formula is C22H18F2N2O3S. The van der Waals surface area contributed by atoms with Crippen molar-refractivity contribution in [1.82, 2.24) is 4.98 Å². The Balaban J connectivity index is 1.87. The molecule has 5 nitrogen and oxygen atoms in total. The molecule has 1 aromatic heterocycles. The molecule has 8 heteroatoms. The van der Waals surface area contributed by atoms with Crippen LogP contribution in [-0.4, -0.2) is 23.8 Å². The van der Waals surface area contributed by atoms with Gasteiger partial charge in [-0.15, -0.1) is 11.3 Å². The van der Waals surface area contributed by atoms with Gasteiger partial charge in [-0.25, -0.2) is 13.8 Å². The van der Waals surface area contributed by atoms with Gasteiger partial charge >= 0.3 is 0 Å². The first-order valence-corrected chi connectivity index (χ1v) is 9.76. The standard InChI is InChI=1S/C22H18F2N2O3S/c1-13-4-9-21(29-3)17(10-13)20(28)8-6-16-12-30-22(25-16)26(14(2)27)19-7-5-15(23)11-18(19)24/h4-12H,1-3H3/b8-6+. The SMILES string of the molecule is COc1ccc(C)cc1C(=O)/C=C/c1csc(N(C(C)=O)c2ccc(F)cc2F)n1. The van der Waals surface area contributed by atoms with Gasteiger partial charge in [0.15, 0.2) is 10.9 Å². The Morgan fingerprint density at radius 2 is 1.93 bits per heavy atom. The lowest BCUT2D eigenvalue weighted by molar-refractivity contribution is -0.115. The predicted molar refractivity (Wildman–Crippen MR) is 112 cm³/mol. The summed E-state index contributed by atoms with van der Waals surface area (Å²) in [7, 11) is 1.49. The molecule has 0 spiro atoms. The van der Waals surface area contributed by atoms with Crippen molar-refractivity contribution in [3.05, 3.63) is 76.3 Å². The molecule has 0 radical (unpaired) electrons. The molecule has 3 aromatic rings. The molecule has 1 heterocycles. The second-order valence-corrected chi connectivity index (χ2v) is 7.24. The van der Waals surface area contributed by atoms with Crippen LogP contribution >= 0.6 is 11.3 Å². The maximum Gasteiger partial charge on any atom is 0.230 e. The number of halogens is 2. The van der Waals surface area contributed by atoms with Crippen molar-refractivity contribution in [3.8, 4) is 5.75 Å². The van der Waals surface area contributed by atoms with Crippen LogP contribution in [0.1, 0.15) is 28.5 Å². The van der Waals surface area contributed by atoms with Crippen molar-refractivity contribution >= 4 is 39.9 Å². The van der Waals surface area contributed by atoms with Crippen molar-refractivity contribution in [2.45, 2.75) is 13.8 Å². The third kappa shape index (κ3) is 4.60. The zero-order valence-corrected chi connectivity index (χ0v) is 17.3. The van der Waals surface area contributed by atoms with E-state index in [2.05, 4.69) is 4.98 Å². The number of rotatable bonds is 6. The highest BCUT2D eigenvalue weighted by Crippen LogP contribution is 2.31. The number of allylic oxidation sites excluding steroid dienone is 1. The van der Waals surface area contributed by atoms with Crippen LogP contribution in [0.15, 0.2) is 47.9 Å². The molecule has 1 amide bonds. The fourth-order valence-corrected chi connectivity index (χ4v) is 3.64. The van der Waals surface area contributed by atoms with Gasteiger partial charge in [0.05, 0.1) is 24.1 Å². The summed E-state index contributed by atoms with van der Waals surface area (Å²) >= 11 is 1.10. The van der Waals surface area contributed by atoms with E-state index in [1.54, 1.807) is 17.5 Å². The Labute approximate surface area is 176 Å². The Hall–Kier alpha value is -3.39. The number of carbonyl (C=O) groups is 2. The molecule has 0 unspecified atom stereocenters. The summed E-state index contributed by atoms with van der Waals surface area (Å²) in [5.41, 5.74) is 1.66. The van der Waals surface area contributed by atoms with Gasteiger partial charge in [0.25, 0.3) is 0 Å². The summed E-state index contributed by atoms with van der Waals surface area (Å²) in [6.07, 6.45) is 2.86. The number of ketones is 1. The van der Waals surface area contributed by atoms with Crippen LogP contribution in [0.4, 0.5) is 19.6 Å². The zero-order chi connectivity index (χ0) is 21.8. The van der Waals surface area contributed by atoms with Gasteiger partial charge in [-0.3, -0.25) is 14.5 Å². The molecule has 0 aliphatic carbocycles. The maximum absolute atomic E-state index is 14.2. The van der Waals surface area contributed by atoms with Gasteiger partial charge in [0.1, 0.15) is 17.4 Å². The molecule has 30 heavy (non-hydrogen) atoms. The van der Waals surface area contributed by atoms with Crippen molar-refractivity contribution in [2.24, 2.45) is 0 Å². The molecule has 0 saturated heterocycles. The Bertz CT molecular complexity index is 1140. The van der Waals surface area contributed by atoms with Gasteiger partial charge in [0.2, 0.25) is 5.91 Å². The molecule has 0 N–H and O–H groups in total. The predicted octanol–water partition coefficient (Wildman–Crippen LogP) is 5.32. The van der Waals surface area contributed by atoms with E-state index in [1.807, 2.05) is 13.0 Å². The summed E-state index contributed by atoms with van der Waals surface area (Å²) in [5.74, 6) is -1.90. The summed E-state index contributed by atoms with van der Waals surface area (Å²) in [6, 6.07) is 8.24. The third-order valence-corrected chi connectivity index (χ3v) is 5.04. The van der Waals surface area contributed by atoms with E-state index in [9.17, 15) is 18.4 Å². The zero-order valence-electron chi connectivity index (χ0n) is 16.5. The lowest BCUT2D eigenvalue weighted by atomic mass is 10.1. The number of thiazole rings is 1. The molecule has 3 rings (SSSR count). The minimum Gasteiger partial charge on any atom is -0.496 e. The van der Waals surface area contributed by atoms with E-state index >= 15 is 0 Å². The second-order valence-electron chi connectivity index (χ2n) is 6.41. The first kappa shape index (κ1) is 21.3. The molecule has 0 saturated carbocycles. The summed E-state index contributed by atoms with van der Waals surface area (Å²) in [6.45, 7) is 3.13. The van der Waals surface area contributed by atoms with Crippen LogP contribution in [0.2, 0.25) is 0 Å². The summed E-state index contributed by atoms with van der Waals surface area (Å²) < 4.78 is 32.6. The van der Waals surface area contributed by atoms with E-state index in [0.29, 0.717) is 23.1 Å². The average molecular weight is 428 g/mol. The second kappa shape index (κ2) is 8.96. The topological polar surface area (TPSA) is 59.5 Å². The maximum atomic E-state index is 14.2. The monoisotopic (exact) mass is 428 g/mol. The number of carbonyl (C=O) groups excluding carboxylic acids is 2. The van der Waals surface area contributed by atoms with E-state index in [1.165, 1.54) is 32.3 Å². The molecule has 0 aliphatic heterocycles. The summed E-state index contributed by atoms with van der Waals surface area (Å²) in [4.78, 5) is 30.0. The lowest BCUT2D eigenvalue weighted by Gasteiger charge is -2.18. The largest absolute Gasteiger partial charge is 0.496 e. The van der Waals surface area contributed by atoms with Crippen LogP contribution in [0.3, 0.4) is 0 Å². The number of aryl methyl sites for hydroxylation is 1. The number of nitrogens with zero attached hydrogens (tertiary/aromatic N) is 2.